The van der Waals surface area contributed by atoms with E-state index in [4.69, 9.17) is 5.73 Å². The molecule has 70 valence electrons. The summed E-state index contributed by atoms with van der Waals surface area (Å²) in [6.45, 7) is 1.53. The molecule has 1 aliphatic rings. The van der Waals surface area contributed by atoms with Crippen LogP contribution in [0.25, 0.3) is 0 Å². The highest BCUT2D eigenvalue weighted by molar-refractivity contribution is 8.01. The van der Waals surface area contributed by atoms with E-state index in [9.17, 15) is 9.90 Å². The molecular formula is C6H11NO4S. The number of rotatable bonds is 4. The van der Waals surface area contributed by atoms with Crippen LogP contribution in [0.1, 0.15) is 13.3 Å². The minimum atomic E-state index is -1.25. The molecule has 1 unspecified atom stereocenters. The Morgan fingerprint density at radius 3 is 2.92 bits per heavy atom. The van der Waals surface area contributed by atoms with Crippen molar-refractivity contribution in [3.8, 4) is 0 Å². The zero-order valence-electron chi connectivity index (χ0n) is 6.65. The smallest absolute Gasteiger partial charge is 0.302 e. The second-order valence-corrected chi connectivity index (χ2v) is 3.45. The molecule has 0 aromatic heterocycles. The number of nitrogens with two attached hydrogens (primary N) is 1. The molecule has 1 fully saturated rings. The van der Waals surface area contributed by atoms with E-state index < -0.39 is 11.2 Å². The molecule has 0 aliphatic carbocycles. The Balaban J connectivity index is 2.10. The van der Waals surface area contributed by atoms with Gasteiger partial charge in [-0.1, -0.05) is 0 Å². The van der Waals surface area contributed by atoms with Crippen LogP contribution < -0.4 is 5.73 Å². The summed E-state index contributed by atoms with van der Waals surface area (Å²) >= 11 is 0.928. The lowest BCUT2D eigenvalue weighted by Gasteiger charge is -2.11. The van der Waals surface area contributed by atoms with E-state index in [1.54, 1.807) is 0 Å². The third-order valence-corrected chi connectivity index (χ3v) is 2.27. The van der Waals surface area contributed by atoms with Gasteiger partial charge in [-0.2, -0.15) is 0 Å². The minimum absolute atomic E-state index is 0.211. The zero-order chi connectivity index (χ0) is 9.19. The molecule has 2 atom stereocenters. The van der Waals surface area contributed by atoms with E-state index in [0.29, 0.717) is 6.42 Å². The quantitative estimate of drug-likeness (QED) is 0.359. The van der Waals surface area contributed by atoms with Crippen molar-refractivity contribution >= 4 is 18.0 Å². The van der Waals surface area contributed by atoms with Gasteiger partial charge in [0.05, 0.1) is 24.7 Å². The maximum atomic E-state index is 10.3. The lowest BCUT2D eigenvalue weighted by atomic mass is 10.2. The first kappa shape index (κ1) is 9.79. The fourth-order valence-corrected chi connectivity index (χ4v) is 1.13. The molecule has 0 amide bonds. The second-order valence-electron chi connectivity index (χ2n) is 2.53. The first-order chi connectivity index (χ1) is 5.54. The van der Waals surface area contributed by atoms with Crippen LogP contribution in [0, 0.1) is 0 Å². The molecule has 1 saturated heterocycles. The molecule has 6 heteroatoms. The van der Waals surface area contributed by atoms with E-state index >= 15 is 0 Å². The van der Waals surface area contributed by atoms with Gasteiger partial charge in [0.25, 0.3) is 5.12 Å². The van der Waals surface area contributed by atoms with Crippen molar-refractivity contribution < 1.29 is 18.8 Å². The summed E-state index contributed by atoms with van der Waals surface area (Å²) in [6, 6.07) is -0.512. The van der Waals surface area contributed by atoms with Crippen LogP contribution in [0.5, 0.6) is 0 Å². The van der Waals surface area contributed by atoms with Gasteiger partial charge >= 0.3 is 5.97 Å². The average Bonchev–Trinajstić information content (AvgIpc) is 2.68. The number of carbonyl (C=O) groups excluding carboxylic acids is 1. The highest BCUT2D eigenvalue weighted by Gasteiger charge is 2.51. The fourth-order valence-electron chi connectivity index (χ4n) is 0.678. The number of hydrogen-bond donors (Lipinski definition) is 2. The predicted octanol–water partition coefficient (Wildman–Crippen LogP) is -0.409. The topological polar surface area (TPSA) is 85.1 Å². The normalized spacial score (nSPS) is 29.6. The summed E-state index contributed by atoms with van der Waals surface area (Å²) < 4.78 is 9.26. The van der Waals surface area contributed by atoms with E-state index in [0.717, 1.165) is 12.0 Å². The van der Waals surface area contributed by atoms with Crippen molar-refractivity contribution in [2.24, 2.45) is 5.73 Å². The molecule has 12 heavy (non-hydrogen) atoms. The summed E-state index contributed by atoms with van der Waals surface area (Å²) in [7, 11) is 0. The number of esters is 1. The van der Waals surface area contributed by atoms with Gasteiger partial charge in [-0.25, -0.2) is 0 Å². The molecule has 0 aromatic rings. The summed E-state index contributed by atoms with van der Waals surface area (Å²) in [6.07, 6.45) is 0.392. The molecule has 1 heterocycles. The number of ether oxygens (including phenoxy) is 1. The van der Waals surface area contributed by atoms with E-state index in [1.165, 1.54) is 6.92 Å². The van der Waals surface area contributed by atoms with Gasteiger partial charge in [0.2, 0.25) is 0 Å². The molecule has 1 rings (SSSR count). The SMILES string of the molecule is CC(=O)OCC[C@H](N)C1(O)OS1. The van der Waals surface area contributed by atoms with Crippen LogP contribution in [0.4, 0.5) is 0 Å². The fraction of sp³-hybridized carbons (Fsp3) is 0.833. The summed E-state index contributed by atoms with van der Waals surface area (Å²) in [5, 5.41) is 7.99. The summed E-state index contributed by atoms with van der Waals surface area (Å²) in [4.78, 5) is 10.3. The van der Waals surface area contributed by atoms with Crippen molar-refractivity contribution in [2.75, 3.05) is 6.61 Å². The van der Waals surface area contributed by atoms with Gasteiger partial charge in [-0.3, -0.25) is 8.98 Å². The maximum Gasteiger partial charge on any atom is 0.302 e. The Hall–Kier alpha value is -0.300. The lowest BCUT2D eigenvalue weighted by molar-refractivity contribution is -0.141. The summed E-state index contributed by atoms with van der Waals surface area (Å²) in [5.74, 6) is -0.349. The van der Waals surface area contributed by atoms with Crippen LogP contribution in [-0.2, 0) is 13.7 Å². The van der Waals surface area contributed by atoms with E-state index in [-0.39, 0.29) is 12.6 Å². The van der Waals surface area contributed by atoms with Gasteiger partial charge in [-0.05, 0) is 0 Å². The van der Waals surface area contributed by atoms with Gasteiger partial charge in [0.1, 0.15) is 0 Å². The zero-order valence-corrected chi connectivity index (χ0v) is 7.47. The third kappa shape index (κ3) is 2.63. The van der Waals surface area contributed by atoms with Crippen LogP contribution in [-0.4, -0.2) is 28.8 Å². The molecule has 0 bridgehead atoms. The maximum absolute atomic E-state index is 10.3. The van der Waals surface area contributed by atoms with Crippen LogP contribution >= 0.6 is 12.0 Å². The monoisotopic (exact) mass is 193 g/mol. The molecule has 0 saturated carbocycles. The first-order valence-electron chi connectivity index (χ1n) is 3.53. The van der Waals surface area contributed by atoms with Crippen LogP contribution in [0.2, 0.25) is 0 Å². The Morgan fingerprint density at radius 2 is 2.50 bits per heavy atom. The van der Waals surface area contributed by atoms with Crippen molar-refractivity contribution in [1.29, 1.82) is 0 Å². The highest BCUT2D eigenvalue weighted by atomic mass is 32.2. The lowest BCUT2D eigenvalue weighted by Crippen LogP contribution is -2.37. The van der Waals surface area contributed by atoms with Crippen molar-refractivity contribution in [3.05, 3.63) is 0 Å². The Bertz CT molecular complexity index is 182. The van der Waals surface area contributed by atoms with E-state index in [1.807, 2.05) is 0 Å². The Morgan fingerprint density at radius 1 is 1.92 bits per heavy atom. The summed E-state index contributed by atoms with van der Waals surface area (Å²) in [5.41, 5.74) is 5.51. The molecule has 3 N–H and O–H groups in total. The molecule has 1 aliphatic heterocycles. The number of hydrogen-bond acceptors (Lipinski definition) is 6. The largest absolute Gasteiger partial charge is 0.466 e. The third-order valence-electron chi connectivity index (χ3n) is 1.46. The average molecular weight is 193 g/mol. The molecular weight excluding hydrogens is 182 g/mol. The van der Waals surface area contributed by atoms with Crippen molar-refractivity contribution in [2.45, 2.75) is 24.5 Å². The van der Waals surface area contributed by atoms with Gasteiger partial charge < -0.3 is 15.6 Å². The minimum Gasteiger partial charge on any atom is -0.466 e. The van der Waals surface area contributed by atoms with E-state index in [2.05, 4.69) is 8.92 Å². The first-order valence-corrected chi connectivity index (χ1v) is 4.27. The second kappa shape index (κ2) is 3.61. The number of aliphatic hydroxyl groups is 1. The molecule has 0 aromatic carbocycles. The Labute approximate surface area is 74.4 Å². The predicted molar refractivity (Wildman–Crippen MR) is 42.9 cm³/mol. The van der Waals surface area contributed by atoms with Gasteiger partial charge in [0.15, 0.2) is 0 Å². The molecule has 0 spiro atoms. The Kier molecular flexibility index (Phi) is 2.94. The van der Waals surface area contributed by atoms with Gasteiger partial charge in [0, 0.05) is 13.3 Å². The van der Waals surface area contributed by atoms with Crippen LogP contribution in [0.15, 0.2) is 0 Å². The van der Waals surface area contributed by atoms with Gasteiger partial charge in [-0.15, -0.1) is 0 Å². The van der Waals surface area contributed by atoms with Crippen molar-refractivity contribution in [1.82, 2.24) is 0 Å². The van der Waals surface area contributed by atoms with Crippen molar-refractivity contribution in [3.63, 3.8) is 0 Å². The standard InChI is InChI=1S/C6H11NO4S/c1-4(8)10-3-2-5(7)6(9)11-12-6/h5,9H,2-3,7H2,1H3/t5-,6?/m0/s1. The number of carbonyl (C=O) groups is 1. The molecule has 0 radical (unpaired) electrons. The molecule has 5 nitrogen and oxygen atoms in total. The van der Waals surface area contributed by atoms with Crippen LogP contribution in [0.3, 0.4) is 0 Å². The highest BCUT2D eigenvalue weighted by Crippen LogP contribution is 2.47.